The van der Waals surface area contributed by atoms with Gasteiger partial charge in [0, 0.05) is 11.3 Å². The van der Waals surface area contributed by atoms with Crippen molar-refractivity contribution in [2.24, 2.45) is 0 Å². The minimum Gasteiger partial charge on any atom is -0.270 e. The van der Waals surface area contributed by atoms with Crippen molar-refractivity contribution >= 4 is 11.8 Å². The lowest BCUT2D eigenvalue weighted by molar-refractivity contribution is 0.590. The minimum atomic E-state index is -0.268. The third-order valence-corrected chi connectivity index (χ3v) is 6.62. The number of nitrogens with zero attached hydrogens (tertiary/aromatic N) is 4. The molecule has 33 heavy (non-hydrogen) atoms. The second-order valence-electron chi connectivity index (χ2n) is 9.23. The van der Waals surface area contributed by atoms with E-state index in [1.807, 2.05) is 30.3 Å². The number of benzene rings is 3. The first-order chi connectivity index (χ1) is 15.8. The average molecular weight is 453 g/mol. The van der Waals surface area contributed by atoms with Gasteiger partial charge >= 0.3 is 0 Å². The second-order valence-corrected chi connectivity index (χ2v) is 10.4. The number of para-hydroxylation sites is 1. The number of rotatable bonds is 6. The SMILES string of the molecule is Cc1ccc(C[C@H](C#N)Sc2nnc(-c3ccc(C(C)(C)C)cc3)n2-c2ccccc2)cc1. The van der Waals surface area contributed by atoms with Crippen LogP contribution in [0.25, 0.3) is 17.1 Å². The molecule has 4 nitrogen and oxygen atoms in total. The van der Waals surface area contributed by atoms with Crippen molar-refractivity contribution in [3.63, 3.8) is 0 Å². The van der Waals surface area contributed by atoms with Crippen LogP contribution in [-0.4, -0.2) is 20.0 Å². The minimum absolute atomic E-state index is 0.0860. The zero-order valence-electron chi connectivity index (χ0n) is 19.5. The molecule has 4 rings (SSSR count). The molecule has 0 spiro atoms. The quantitative estimate of drug-likeness (QED) is 0.303. The van der Waals surface area contributed by atoms with Crippen LogP contribution in [0, 0.1) is 18.3 Å². The molecular weight excluding hydrogens is 424 g/mol. The summed E-state index contributed by atoms with van der Waals surface area (Å²) in [7, 11) is 0. The zero-order valence-corrected chi connectivity index (χ0v) is 20.3. The van der Waals surface area contributed by atoms with Crippen LogP contribution in [0.1, 0.15) is 37.5 Å². The molecule has 0 N–H and O–H groups in total. The summed E-state index contributed by atoms with van der Waals surface area (Å²) < 4.78 is 2.05. The monoisotopic (exact) mass is 452 g/mol. The standard InChI is InChI=1S/C28H28N4S/c1-20-10-12-21(13-11-20)18-25(19-29)33-27-31-30-26(32(27)24-8-6-5-7-9-24)22-14-16-23(17-15-22)28(2,3)4/h5-17,25H,18H2,1-4H3/t25-/m1/s1. The highest BCUT2D eigenvalue weighted by molar-refractivity contribution is 8.00. The molecule has 1 aromatic heterocycles. The molecule has 0 radical (unpaired) electrons. The Hall–Kier alpha value is -3.36. The van der Waals surface area contributed by atoms with Crippen molar-refractivity contribution in [3.8, 4) is 23.1 Å². The Balaban J connectivity index is 1.69. The van der Waals surface area contributed by atoms with Gasteiger partial charge < -0.3 is 0 Å². The first kappa shape index (κ1) is 22.8. The van der Waals surface area contributed by atoms with Crippen LogP contribution in [-0.2, 0) is 11.8 Å². The van der Waals surface area contributed by atoms with Crippen molar-refractivity contribution in [1.29, 1.82) is 5.26 Å². The van der Waals surface area contributed by atoms with Crippen LogP contribution in [0.2, 0.25) is 0 Å². The highest BCUT2D eigenvalue weighted by Crippen LogP contribution is 2.32. The van der Waals surface area contributed by atoms with Gasteiger partial charge in [-0.2, -0.15) is 5.26 Å². The van der Waals surface area contributed by atoms with Crippen LogP contribution in [0.5, 0.6) is 0 Å². The molecule has 3 aromatic carbocycles. The maximum Gasteiger partial charge on any atom is 0.197 e. The number of thioether (sulfide) groups is 1. The summed E-state index contributed by atoms with van der Waals surface area (Å²) in [6.07, 6.45) is 0.651. The number of hydrogen-bond donors (Lipinski definition) is 0. The summed E-state index contributed by atoms with van der Waals surface area (Å²) >= 11 is 1.46. The van der Waals surface area contributed by atoms with Crippen LogP contribution in [0.4, 0.5) is 0 Å². The first-order valence-corrected chi connectivity index (χ1v) is 12.0. The van der Waals surface area contributed by atoms with E-state index in [0.29, 0.717) is 6.42 Å². The van der Waals surface area contributed by atoms with Crippen molar-refractivity contribution < 1.29 is 0 Å². The van der Waals surface area contributed by atoms with Crippen molar-refractivity contribution in [1.82, 2.24) is 14.8 Å². The first-order valence-electron chi connectivity index (χ1n) is 11.1. The van der Waals surface area contributed by atoms with Crippen LogP contribution in [0.3, 0.4) is 0 Å². The fraction of sp³-hybridized carbons (Fsp3) is 0.250. The maximum atomic E-state index is 9.87. The number of nitriles is 1. The van der Waals surface area contributed by atoms with Gasteiger partial charge in [-0.25, -0.2) is 0 Å². The normalized spacial score (nSPS) is 12.3. The Bertz CT molecular complexity index is 1240. The van der Waals surface area contributed by atoms with Gasteiger partial charge in [0.15, 0.2) is 11.0 Å². The van der Waals surface area contributed by atoms with Gasteiger partial charge in [-0.1, -0.05) is 105 Å². The van der Waals surface area contributed by atoms with Gasteiger partial charge in [0.2, 0.25) is 0 Å². The molecule has 0 fully saturated rings. The zero-order chi connectivity index (χ0) is 23.4. The van der Waals surface area contributed by atoms with Crippen molar-refractivity contribution in [2.75, 3.05) is 0 Å². The summed E-state index contributed by atoms with van der Waals surface area (Å²) in [4.78, 5) is 0. The third-order valence-electron chi connectivity index (χ3n) is 5.59. The van der Waals surface area contributed by atoms with Gasteiger partial charge in [-0.15, -0.1) is 10.2 Å². The van der Waals surface area contributed by atoms with E-state index < -0.39 is 0 Å². The molecule has 166 valence electrons. The molecule has 0 amide bonds. The highest BCUT2D eigenvalue weighted by Gasteiger charge is 2.21. The van der Waals surface area contributed by atoms with E-state index in [1.165, 1.54) is 22.9 Å². The van der Waals surface area contributed by atoms with E-state index >= 15 is 0 Å². The smallest absolute Gasteiger partial charge is 0.197 e. The molecule has 0 unspecified atom stereocenters. The van der Waals surface area contributed by atoms with Gasteiger partial charge in [0.25, 0.3) is 0 Å². The Labute approximate surface area is 200 Å². The molecule has 0 aliphatic heterocycles. The van der Waals surface area contributed by atoms with E-state index in [-0.39, 0.29) is 10.7 Å². The number of hydrogen-bond acceptors (Lipinski definition) is 4. The molecule has 4 aromatic rings. The predicted octanol–water partition coefficient (Wildman–Crippen LogP) is 6.77. The summed E-state index contributed by atoms with van der Waals surface area (Å²) in [5.74, 6) is 0.774. The second kappa shape index (κ2) is 9.64. The lowest BCUT2D eigenvalue weighted by atomic mass is 9.87. The lowest BCUT2D eigenvalue weighted by Gasteiger charge is -2.19. The predicted molar refractivity (Wildman–Crippen MR) is 136 cm³/mol. The Morgan fingerprint density at radius 1 is 0.909 bits per heavy atom. The Morgan fingerprint density at radius 2 is 1.58 bits per heavy atom. The summed E-state index contributed by atoms with van der Waals surface area (Å²) in [5.41, 5.74) is 5.69. The summed E-state index contributed by atoms with van der Waals surface area (Å²) in [5, 5.41) is 19.4. The molecule has 0 aliphatic rings. The molecular formula is C28H28N4S. The fourth-order valence-electron chi connectivity index (χ4n) is 3.64. The molecule has 1 heterocycles. The summed E-state index contributed by atoms with van der Waals surface area (Å²) in [6.45, 7) is 8.69. The lowest BCUT2D eigenvalue weighted by Crippen LogP contribution is -2.10. The topological polar surface area (TPSA) is 54.5 Å². The van der Waals surface area contributed by atoms with Crippen LogP contribution in [0.15, 0.2) is 84.0 Å². The van der Waals surface area contributed by atoms with E-state index in [0.717, 1.165) is 27.8 Å². The number of aromatic nitrogens is 3. The highest BCUT2D eigenvalue weighted by atomic mass is 32.2. The summed E-state index contributed by atoms with van der Waals surface area (Å²) in [6, 6.07) is 29.4. The van der Waals surface area contributed by atoms with Gasteiger partial charge in [0.1, 0.15) is 5.25 Å². The Kier molecular flexibility index (Phi) is 6.67. The maximum absolute atomic E-state index is 9.87. The van der Waals surface area contributed by atoms with E-state index in [4.69, 9.17) is 0 Å². The van der Waals surface area contributed by atoms with E-state index in [9.17, 15) is 5.26 Å². The molecule has 1 atom stereocenters. The van der Waals surface area contributed by atoms with Crippen LogP contribution < -0.4 is 0 Å². The number of aryl methyl sites for hydroxylation is 1. The fourth-order valence-corrected chi connectivity index (χ4v) is 4.61. The van der Waals surface area contributed by atoms with Crippen molar-refractivity contribution in [2.45, 2.75) is 49.9 Å². The molecule has 5 heteroatoms. The molecule has 0 aliphatic carbocycles. The van der Waals surface area contributed by atoms with Gasteiger partial charge in [0.05, 0.1) is 6.07 Å². The van der Waals surface area contributed by atoms with Gasteiger partial charge in [-0.3, -0.25) is 4.57 Å². The molecule has 0 bridgehead atoms. The van der Waals surface area contributed by atoms with Crippen LogP contribution >= 0.6 is 11.8 Å². The average Bonchev–Trinajstić information content (AvgIpc) is 3.23. The molecule has 0 saturated heterocycles. The van der Waals surface area contributed by atoms with E-state index in [1.54, 1.807) is 0 Å². The Morgan fingerprint density at radius 3 is 2.18 bits per heavy atom. The van der Waals surface area contributed by atoms with Crippen molar-refractivity contribution in [3.05, 3.63) is 95.6 Å². The largest absolute Gasteiger partial charge is 0.270 e. The molecule has 0 saturated carbocycles. The van der Waals surface area contributed by atoms with Gasteiger partial charge in [-0.05, 0) is 42.0 Å². The van der Waals surface area contributed by atoms with E-state index in [2.05, 4.69) is 97.1 Å². The third kappa shape index (κ3) is 5.35.